The molecule has 0 aromatic carbocycles. The molecular formula is C23H33NO4S. The number of carbonyl (C=O) groups is 3. The Morgan fingerprint density at radius 1 is 1.17 bits per heavy atom. The number of thiophene rings is 1. The summed E-state index contributed by atoms with van der Waals surface area (Å²) in [4.78, 5) is 39.8. The van der Waals surface area contributed by atoms with E-state index >= 15 is 0 Å². The van der Waals surface area contributed by atoms with Crippen LogP contribution in [0.25, 0.3) is 0 Å². The molecule has 160 valence electrons. The molecule has 29 heavy (non-hydrogen) atoms. The average molecular weight is 420 g/mol. The minimum Gasteiger partial charge on any atom is -0.460 e. The monoisotopic (exact) mass is 419 g/mol. The van der Waals surface area contributed by atoms with E-state index in [1.165, 1.54) is 4.88 Å². The van der Waals surface area contributed by atoms with E-state index in [1.807, 2.05) is 27.7 Å². The van der Waals surface area contributed by atoms with E-state index in [0.29, 0.717) is 31.4 Å². The van der Waals surface area contributed by atoms with E-state index in [1.54, 1.807) is 11.3 Å². The number of fused-ring (bicyclic) bond motifs is 1. The van der Waals surface area contributed by atoms with Crippen LogP contribution < -0.4 is 5.32 Å². The molecule has 2 aliphatic rings. The van der Waals surface area contributed by atoms with Gasteiger partial charge in [0.05, 0.1) is 5.56 Å². The second-order valence-electron chi connectivity index (χ2n) is 9.37. The first kappa shape index (κ1) is 22.0. The number of hydrogen-bond donors (Lipinski definition) is 1. The predicted molar refractivity (Wildman–Crippen MR) is 114 cm³/mol. The lowest BCUT2D eigenvalue weighted by atomic mass is 9.83. The molecule has 5 nitrogen and oxygen atoms in total. The highest BCUT2D eigenvalue weighted by Gasteiger charge is 2.34. The van der Waals surface area contributed by atoms with Crippen LogP contribution in [0.1, 0.15) is 85.5 Å². The van der Waals surface area contributed by atoms with E-state index in [4.69, 9.17) is 4.74 Å². The van der Waals surface area contributed by atoms with Gasteiger partial charge in [-0.05, 0) is 70.8 Å². The molecule has 1 unspecified atom stereocenters. The molecule has 1 amide bonds. The van der Waals surface area contributed by atoms with Gasteiger partial charge < -0.3 is 10.1 Å². The molecule has 0 radical (unpaired) electrons. The van der Waals surface area contributed by atoms with Crippen molar-refractivity contribution < 1.29 is 19.1 Å². The Labute approximate surface area is 177 Å². The molecule has 0 bridgehead atoms. The lowest BCUT2D eigenvalue weighted by Gasteiger charge is -2.25. The number of nitrogens with one attached hydrogen (secondary N) is 1. The Hall–Kier alpha value is -1.69. The first-order valence-corrected chi connectivity index (χ1v) is 11.7. The molecule has 1 atom stereocenters. The van der Waals surface area contributed by atoms with Crippen LogP contribution in [0, 0.1) is 11.8 Å². The minimum atomic E-state index is -0.485. The number of ketones is 1. The van der Waals surface area contributed by atoms with Crippen molar-refractivity contribution >= 4 is 29.0 Å². The Morgan fingerprint density at radius 2 is 1.90 bits per heavy atom. The molecule has 1 heterocycles. The normalized spacial score (nSPS) is 18.8. The van der Waals surface area contributed by atoms with Crippen molar-refractivity contribution in [3.8, 4) is 0 Å². The van der Waals surface area contributed by atoms with Crippen molar-refractivity contribution in [2.24, 2.45) is 11.8 Å². The van der Waals surface area contributed by atoms with Crippen LogP contribution in [-0.4, -0.2) is 29.8 Å². The zero-order chi connectivity index (χ0) is 21.2. The third-order valence-corrected chi connectivity index (χ3v) is 6.73. The maximum atomic E-state index is 12.9. The highest BCUT2D eigenvalue weighted by molar-refractivity contribution is 7.12. The summed E-state index contributed by atoms with van der Waals surface area (Å²) in [6.45, 7) is 8.28. The molecule has 0 aliphatic heterocycles. The second kappa shape index (κ2) is 8.99. The van der Waals surface area contributed by atoms with Gasteiger partial charge in [-0.1, -0.05) is 6.92 Å². The fraction of sp³-hybridized carbons (Fsp3) is 0.696. The Morgan fingerprint density at radius 3 is 2.52 bits per heavy atom. The lowest BCUT2D eigenvalue weighted by molar-refractivity contribution is -0.156. The second-order valence-corrected chi connectivity index (χ2v) is 10.6. The van der Waals surface area contributed by atoms with Crippen molar-refractivity contribution in [2.75, 3.05) is 6.54 Å². The van der Waals surface area contributed by atoms with Crippen molar-refractivity contribution in [1.29, 1.82) is 0 Å². The van der Waals surface area contributed by atoms with Crippen molar-refractivity contribution in [3.05, 3.63) is 20.9 Å². The molecule has 0 spiro atoms. The standard InChI is InChI=1S/C23H33NO4S/c1-5-10-24-22(27)21-16-11-14(12-20(26)28-23(2,3)4)6-9-18(16)29-19(21)13-17(25)15-7-8-15/h14-15H,5-13H2,1-4H3,(H,24,27). The van der Waals surface area contributed by atoms with Gasteiger partial charge in [0.1, 0.15) is 11.4 Å². The summed E-state index contributed by atoms with van der Waals surface area (Å²) in [7, 11) is 0. The Balaban J connectivity index is 1.78. The molecule has 1 aromatic heterocycles. The van der Waals surface area contributed by atoms with Gasteiger partial charge in [0.15, 0.2) is 0 Å². The zero-order valence-corrected chi connectivity index (χ0v) is 18.9. The van der Waals surface area contributed by atoms with Crippen LogP contribution in [0.2, 0.25) is 0 Å². The number of esters is 1. The van der Waals surface area contributed by atoms with Crippen LogP contribution >= 0.6 is 11.3 Å². The molecular weight excluding hydrogens is 386 g/mol. The predicted octanol–water partition coefficient (Wildman–Crippen LogP) is 4.25. The minimum absolute atomic E-state index is 0.0686. The molecule has 1 fully saturated rings. The van der Waals surface area contributed by atoms with E-state index in [0.717, 1.165) is 42.5 Å². The average Bonchev–Trinajstić information content (AvgIpc) is 3.40. The number of aryl methyl sites for hydroxylation is 1. The number of amides is 1. The first-order valence-electron chi connectivity index (χ1n) is 10.8. The fourth-order valence-electron chi connectivity index (χ4n) is 3.93. The van der Waals surface area contributed by atoms with Gasteiger partial charge in [-0.15, -0.1) is 11.3 Å². The van der Waals surface area contributed by atoms with Gasteiger partial charge in [0.25, 0.3) is 5.91 Å². The highest BCUT2D eigenvalue weighted by atomic mass is 32.1. The largest absolute Gasteiger partial charge is 0.460 e. The third kappa shape index (κ3) is 5.91. The molecule has 1 N–H and O–H groups in total. The molecule has 1 aromatic rings. The summed E-state index contributed by atoms with van der Waals surface area (Å²) < 4.78 is 5.49. The quantitative estimate of drug-likeness (QED) is 0.640. The maximum Gasteiger partial charge on any atom is 0.306 e. The maximum absolute atomic E-state index is 12.9. The summed E-state index contributed by atoms with van der Waals surface area (Å²) >= 11 is 1.63. The topological polar surface area (TPSA) is 72.5 Å². The van der Waals surface area contributed by atoms with Crippen LogP contribution in [0.3, 0.4) is 0 Å². The van der Waals surface area contributed by atoms with E-state index < -0.39 is 5.60 Å². The van der Waals surface area contributed by atoms with Crippen molar-refractivity contribution in [2.45, 2.75) is 84.7 Å². The summed E-state index contributed by atoms with van der Waals surface area (Å²) in [5.74, 6) is 0.388. The lowest BCUT2D eigenvalue weighted by Crippen LogP contribution is -2.28. The van der Waals surface area contributed by atoms with Gasteiger partial charge in [-0.3, -0.25) is 14.4 Å². The molecule has 3 rings (SSSR count). The van der Waals surface area contributed by atoms with Crippen LogP contribution in [-0.2, 0) is 33.6 Å². The van der Waals surface area contributed by atoms with Gasteiger partial charge in [0.2, 0.25) is 0 Å². The van der Waals surface area contributed by atoms with Gasteiger partial charge in [0, 0.05) is 35.1 Å². The molecule has 2 aliphatic carbocycles. The number of carbonyl (C=O) groups excluding carboxylic acids is 3. The summed E-state index contributed by atoms with van der Waals surface area (Å²) in [5, 5.41) is 2.99. The van der Waals surface area contributed by atoms with E-state index in [9.17, 15) is 14.4 Å². The molecule has 1 saturated carbocycles. The van der Waals surface area contributed by atoms with Crippen LogP contribution in [0.5, 0.6) is 0 Å². The first-order chi connectivity index (χ1) is 13.7. The SMILES string of the molecule is CCCNC(=O)c1c(CC(=O)C2CC2)sc2c1CC(CC(=O)OC(C)(C)C)CC2. The molecule has 0 saturated heterocycles. The number of rotatable bonds is 8. The van der Waals surface area contributed by atoms with Gasteiger partial charge in [-0.2, -0.15) is 0 Å². The fourth-order valence-corrected chi connectivity index (χ4v) is 5.29. The smallest absolute Gasteiger partial charge is 0.306 e. The Bertz CT molecular complexity index is 786. The van der Waals surface area contributed by atoms with Crippen molar-refractivity contribution in [3.63, 3.8) is 0 Å². The van der Waals surface area contributed by atoms with Crippen molar-refractivity contribution in [1.82, 2.24) is 5.32 Å². The van der Waals surface area contributed by atoms with Gasteiger partial charge in [-0.25, -0.2) is 0 Å². The third-order valence-electron chi connectivity index (χ3n) is 5.44. The highest BCUT2D eigenvalue weighted by Crippen LogP contribution is 2.39. The van der Waals surface area contributed by atoms with E-state index in [-0.39, 0.29) is 29.5 Å². The summed E-state index contributed by atoms with van der Waals surface area (Å²) in [6.07, 6.45) is 6.07. The summed E-state index contributed by atoms with van der Waals surface area (Å²) in [6, 6.07) is 0. The number of ether oxygens (including phenoxy) is 1. The van der Waals surface area contributed by atoms with Crippen LogP contribution in [0.4, 0.5) is 0 Å². The zero-order valence-electron chi connectivity index (χ0n) is 18.1. The molecule has 6 heteroatoms. The van der Waals surface area contributed by atoms with Gasteiger partial charge >= 0.3 is 5.97 Å². The number of Topliss-reactive ketones (excluding diaryl/α,β-unsaturated/α-hetero) is 1. The van der Waals surface area contributed by atoms with E-state index in [2.05, 4.69) is 5.32 Å². The van der Waals surface area contributed by atoms with Crippen LogP contribution in [0.15, 0.2) is 0 Å². The number of hydrogen-bond acceptors (Lipinski definition) is 5. The summed E-state index contributed by atoms with van der Waals surface area (Å²) in [5.41, 5.74) is 1.28. The Kier molecular flexibility index (Phi) is 6.82.